The van der Waals surface area contributed by atoms with Gasteiger partial charge in [-0.2, -0.15) is 0 Å². The number of nitrogens with one attached hydrogen (secondary N) is 1. The summed E-state index contributed by atoms with van der Waals surface area (Å²) in [6, 6.07) is 2.91. The standard InChI is InChI=1S/C11H17NO5S2/c1-8(4-5-13)7-12-19(16,17)11-3-2-9(18-11)6-10(14)15/h2-3,8,12-13H,4-7H2,1H3,(H,14,15). The molecule has 1 unspecified atom stereocenters. The van der Waals surface area contributed by atoms with Crippen molar-refractivity contribution in [2.24, 2.45) is 5.92 Å². The molecular weight excluding hydrogens is 290 g/mol. The third kappa shape index (κ3) is 5.27. The lowest BCUT2D eigenvalue weighted by atomic mass is 10.1. The van der Waals surface area contributed by atoms with Crippen LogP contribution in [0.1, 0.15) is 18.2 Å². The molecule has 0 amide bonds. The van der Waals surface area contributed by atoms with Crippen molar-refractivity contribution in [3.63, 3.8) is 0 Å². The molecule has 0 fully saturated rings. The fraction of sp³-hybridized carbons (Fsp3) is 0.545. The number of aliphatic carboxylic acids is 1. The van der Waals surface area contributed by atoms with Crippen LogP contribution >= 0.6 is 11.3 Å². The van der Waals surface area contributed by atoms with E-state index in [4.69, 9.17) is 10.2 Å². The van der Waals surface area contributed by atoms with Crippen LogP contribution in [0.5, 0.6) is 0 Å². The Hall–Kier alpha value is -0.960. The van der Waals surface area contributed by atoms with Crippen LogP contribution in [0.4, 0.5) is 0 Å². The monoisotopic (exact) mass is 307 g/mol. The van der Waals surface area contributed by atoms with Crippen LogP contribution in [0.25, 0.3) is 0 Å². The van der Waals surface area contributed by atoms with Crippen LogP contribution in [-0.4, -0.2) is 37.8 Å². The van der Waals surface area contributed by atoms with E-state index in [1.54, 1.807) is 0 Å². The number of hydrogen-bond acceptors (Lipinski definition) is 5. The second kappa shape index (κ2) is 6.99. The summed E-state index contributed by atoms with van der Waals surface area (Å²) in [4.78, 5) is 11.0. The van der Waals surface area contributed by atoms with Gasteiger partial charge in [0.15, 0.2) is 0 Å². The first-order chi connectivity index (χ1) is 8.85. The maximum atomic E-state index is 11.9. The van der Waals surface area contributed by atoms with Gasteiger partial charge in [-0.1, -0.05) is 6.92 Å². The van der Waals surface area contributed by atoms with Crippen molar-refractivity contribution >= 4 is 27.3 Å². The number of aliphatic hydroxyl groups is 1. The minimum atomic E-state index is -3.59. The van der Waals surface area contributed by atoms with Gasteiger partial charge in [0.05, 0.1) is 6.42 Å². The third-order valence-corrected chi connectivity index (χ3v) is 5.47. The number of carbonyl (C=O) groups is 1. The molecule has 0 saturated carbocycles. The van der Waals surface area contributed by atoms with E-state index in [0.717, 1.165) is 11.3 Å². The lowest BCUT2D eigenvalue weighted by Gasteiger charge is -2.10. The maximum absolute atomic E-state index is 11.9. The van der Waals surface area contributed by atoms with E-state index >= 15 is 0 Å². The molecule has 0 saturated heterocycles. The molecule has 1 aromatic heterocycles. The van der Waals surface area contributed by atoms with Gasteiger partial charge in [-0.3, -0.25) is 4.79 Å². The van der Waals surface area contributed by atoms with Crippen LogP contribution in [0.3, 0.4) is 0 Å². The lowest BCUT2D eigenvalue weighted by Crippen LogP contribution is -2.28. The molecule has 108 valence electrons. The Balaban J connectivity index is 2.66. The second-order valence-electron chi connectivity index (χ2n) is 4.26. The van der Waals surface area contributed by atoms with Crippen molar-refractivity contribution in [3.05, 3.63) is 17.0 Å². The van der Waals surface area contributed by atoms with Gasteiger partial charge >= 0.3 is 5.97 Å². The number of carboxylic acid groups (broad SMARTS) is 1. The quantitative estimate of drug-likeness (QED) is 0.655. The Bertz CT molecular complexity index is 523. The molecule has 0 bridgehead atoms. The van der Waals surface area contributed by atoms with E-state index in [1.807, 2.05) is 6.92 Å². The van der Waals surface area contributed by atoms with E-state index in [0.29, 0.717) is 11.3 Å². The number of rotatable bonds is 8. The first-order valence-corrected chi connectivity index (χ1v) is 8.06. The topological polar surface area (TPSA) is 104 Å². The lowest BCUT2D eigenvalue weighted by molar-refractivity contribution is -0.136. The zero-order chi connectivity index (χ0) is 14.5. The zero-order valence-corrected chi connectivity index (χ0v) is 12.1. The summed E-state index contributed by atoms with van der Waals surface area (Å²) in [5.41, 5.74) is 0. The summed E-state index contributed by atoms with van der Waals surface area (Å²) in [6.07, 6.45) is 0.346. The molecule has 0 spiro atoms. The molecule has 8 heteroatoms. The van der Waals surface area contributed by atoms with Crippen LogP contribution in [-0.2, 0) is 21.2 Å². The van der Waals surface area contributed by atoms with Crippen LogP contribution in [0.15, 0.2) is 16.3 Å². The SMILES string of the molecule is CC(CCO)CNS(=O)(=O)c1ccc(CC(=O)O)s1. The highest BCUT2D eigenvalue weighted by Crippen LogP contribution is 2.22. The van der Waals surface area contributed by atoms with Gasteiger partial charge in [0.2, 0.25) is 10.0 Å². The fourth-order valence-corrected chi connectivity index (χ4v) is 3.95. The Labute approximate surface area is 116 Å². The zero-order valence-electron chi connectivity index (χ0n) is 10.5. The van der Waals surface area contributed by atoms with E-state index in [9.17, 15) is 13.2 Å². The van der Waals surface area contributed by atoms with Crippen LogP contribution in [0, 0.1) is 5.92 Å². The molecule has 19 heavy (non-hydrogen) atoms. The van der Waals surface area contributed by atoms with Gasteiger partial charge in [-0.15, -0.1) is 11.3 Å². The Morgan fingerprint density at radius 1 is 1.47 bits per heavy atom. The molecule has 1 rings (SSSR count). The van der Waals surface area contributed by atoms with Crippen molar-refractivity contribution in [1.82, 2.24) is 4.72 Å². The Kier molecular flexibility index (Phi) is 5.92. The highest BCUT2D eigenvalue weighted by atomic mass is 32.2. The Morgan fingerprint density at radius 2 is 2.16 bits per heavy atom. The van der Waals surface area contributed by atoms with Gasteiger partial charge in [0.1, 0.15) is 4.21 Å². The van der Waals surface area contributed by atoms with Crippen LogP contribution in [0.2, 0.25) is 0 Å². The summed E-state index contributed by atoms with van der Waals surface area (Å²) in [7, 11) is -3.59. The normalized spacial score (nSPS) is 13.4. The first kappa shape index (κ1) is 16.1. The molecular formula is C11H17NO5S2. The third-order valence-electron chi connectivity index (χ3n) is 2.47. The molecule has 0 aliphatic rings. The molecule has 6 nitrogen and oxygen atoms in total. The van der Waals surface area contributed by atoms with Gasteiger partial charge in [0, 0.05) is 18.0 Å². The van der Waals surface area contributed by atoms with Crippen molar-refractivity contribution < 1.29 is 23.4 Å². The summed E-state index contributed by atoms with van der Waals surface area (Å²) >= 11 is 0.952. The summed E-state index contributed by atoms with van der Waals surface area (Å²) in [6.45, 7) is 2.10. The molecule has 0 aliphatic carbocycles. The number of aliphatic hydroxyl groups excluding tert-OH is 1. The van der Waals surface area contributed by atoms with Crippen molar-refractivity contribution in [3.8, 4) is 0 Å². The average molecular weight is 307 g/mol. The predicted octanol–water partition coefficient (Wildman–Crippen LogP) is 0.672. The Morgan fingerprint density at radius 3 is 2.74 bits per heavy atom. The van der Waals surface area contributed by atoms with Gasteiger partial charge < -0.3 is 10.2 Å². The minimum Gasteiger partial charge on any atom is -0.481 e. The largest absolute Gasteiger partial charge is 0.481 e. The van der Waals surface area contributed by atoms with E-state index in [2.05, 4.69) is 4.72 Å². The highest BCUT2D eigenvalue weighted by Gasteiger charge is 2.18. The van der Waals surface area contributed by atoms with Gasteiger partial charge in [0.25, 0.3) is 0 Å². The van der Waals surface area contributed by atoms with E-state index < -0.39 is 16.0 Å². The number of thiophene rings is 1. The molecule has 1 heterocycles. The predicted molar refractivity (Wildman–Crippen MR) is 71.7 cm³/mol. The van der Waals surface area contributed by atoms with E-state index in [-0.39, 0.29) is 29.7 Å². The summed E-state index contributed by atoms with van der Waals surface area (Å²) in [5.74, 6) is -0.950. The molecule has 0 aliphatic heterocycles. The van der Waals surface area contributed by atoms with Crippen molar-refractivity contribution in [1.29, 1.82) is 0 Å². The summed E-state index contributed by atoms with van der Waals surface area (Å²) < 4.78 is 26.4. The highest BCUT2D eigenvalue weighted by molar-refractivity contribution is 7.91. The number of hydrogen-bond donors (Lipinski definition) is 3. The van der Waals surface area contributed by atoms with Gasteiger partial charge in [-0.05, 0) is 24.5 Å². The number of sulfonamides is 1. The molecule has 0 aromatic carbocycles. The smallest absolute Gasteiger partial charge is 0.308 e. The first-order valence-electron chi connectivity index (χ1n) is 5.76. The molecule has 1 atom stereocenters. The second-order valence-corrected chi connectivity index (χ2v) is 7.42. The van der Waals surface area contributed by atoms with Crippen molar-refractivity contribution in [2.45, 2.75) is 24.0 Å². The maximum Gasteiger partial charge on any atom is 0.308 e. The molecule has 3 N–H and O–H groups in total. The fourth-order valence-electron chi connectivity index (χ4n) is 1.39. The number of carboxylic acids is 1. The average Bonchev–Trinajstić information content (AvgIpc) is 2.75. The van der Waals surface area contributed by atoms with Crippen LogP contribution < -0.4 is 4.72 Å². The summed E-state index contributed by atoms with van der Waals surface area (Å²) in [5, 5.41) is 17.4. The van der Waals surface area contributed by atoms with Gasteiger partial charge in [-0.25, -0.2) is 13.1 Å². The molecule has 1 aromatic rings. The van der Waals surface area contributed by atoms with E-state index in [1.165, 1.54) is 12.1 Å². The minimum absolute atomic E-state index is 0.0185. The van der Waals surface area contributed by atoms with Crippen molar-refractivity contribution in [2.75, 3.05) is 13.2 Å². The molecule has 0 radical (unpaired) electrons.